The van der Waals surface area contributed by atoms with E-state index in [0.717, 1.165) is 10.8 Å². The topological polar surface area (TPSA) is 93.1 Å². The molecule has 4 aromatic rings. The van der Waals surface area contributed by atoms with Gasteiger partial charge in [0.15, 0.2) is 12.2 Å². The number of carbonyl (C=O) groups excluding carboxylic acids is 2. The summed E-state index contributed by atoms with van der Waals surface area (Å²) < 4.78 is 26.1. The number of benzene rings is 3. The van der Waals surface area contributed by atoms with Gasteiger partial charge in [0.2, 0.25) is 5.43 Å². The molecular weight excluding hydrogens is 534 g/mol. The lowest BCUT2D eigenvalue weighted by atomic mass is 9.86. The molecule has 2 atom stereocenters. The molecule has 0 saturated carbocycles. The molecule has 0 bridgehead atoms. The minimum absolute atomic E-state index is 0.233. The van der Waals surface area contributed by atoms with Gasteiger partial charge in [0.25, 0.3) is 0 Å². The van der Waals surface area contributed by atoms with E-state index < -0.39 is 29.7 Å². The molecule has 8 nitrogen and oxygen atoms in total. The molecule has 3 aromatic carbocycles. The molecule has 0 spiro atoms. The summed E-state index contributed by atoms with van der Waals surface area (Å²) in [5.74, 6) is -0.493. The van der Waals surface area contributed by atoms with Gasteiger partial charge in [-0.2, -0.15) is 0 Å². The van der Waals surface area contributed by atoms with Crippen LogP contribution in [0.15, 0.2) is 71.6 Å². The van der Waals surface area contributed by atoms with Crippen molar-refractivity contribution in [2.24, 2.45) is 7.05 Å². The van der Waals surface area contributed by atoms with E-state index in [1.54, 1.807) is 32.1 Å². The summed E-state index contributed by atoms with van der Waals surface area (Å²) in [6.07, 6.45) is 5.26. The lowest BCUT2D eigenvalue weighted by Crippen LogP contribution is -2.52. The molecule has 218 valence electrons. The van der Waals surface area contributed by atoms with E-state index in [1.165, 1.54) is 19.3 Å². The van der Waals surface area contributed by atoms with Crippen LogP contribution in [0.2, 0.25) is 0 Å². The van der Waals surface area contributed by atoms with Gasteiger partial charge in [-0.15, -0.1) is 0 Å². The second-order valence-corrected chi connectivity index (χ2v) is 10.9. The predicted molar refractivity (Wildman–Crippen MR) is 163 cm³/mol. The number of pyridine rings is 1. The third-order valence-corrected chi connectivity index (χ3v) is 7.60. The van der Waals surface area contributed by atoms with Crippen molar-refractivity contribution in [1.82, 2.24) is 4.57 Å². The van der Waals surface area contributed by atoms with E-state index in [4.69, 9.17) is 18.9 Å². The average molecular weight is 570 g/mol. The van der Waals surface area contributed by atoms with Crippen molar-refractivity contribution in [3.8, 4) is 11.5 Å². The number of aromatic nitrogens is 1. The highest BCUT2D eigenvalue weighted by Gasteiger charge is 2.50. The Bertz CT molecular complexity index is 1830. The molecule has 1 aliphatic heterocycles. The Labute approximate surface area is 244 Å². The van der Waals surface area contributed by atoms with E-state index in [1.807, 2.05) is 61.9 Å². The zero-order chi connectivity index (χ0) is 30.2. The number of fused-ring (bicyclic) bond motifs is 5. The zero-order valence-corrected chi connectivity index (χ0v) is 24.7. The lowest BCUT2D eigenvalue weighted by molar-refractivity contribution is -0.184. The van der Waals surface area contributed by atoms with Gasteiger partial charge in [-0.25, -0.2) is 9.59 Å². The number of esters is 2. The second-order valence-electron chi connectivity index (χ2n) is 10.9. The molecule has 0 N–H and O–H groups in total. The molecule has 5 rings (SSSR count). The fraction of sp³-hybridized carbons (Fsp3) is 0.324. The number of hydrogen-bond acceptors (Lipinski definition) is 7. The maximum atomic E-state index is 14.2. The van der Waals surface area contributed by atoms with Crippen LogP contribution in [0.5, 0.6) is 11.5 Å². The third-order valence-electron chi connectivity index (χ3n) is 7.60. The molecule has 1 aliphatic rings. The number of ether oxygens (including phenoxy) is 4. The van der Waals surface area contributed by atoms with Crippen molar-refractivity contribution >= 4 is 44.5 Å². The number of allylic oxidation sites excluding steroid dienone is 2. The SMILES string of the molecule is CC/C=C\C(=O)OC1c2c(cc(OC)c3c(=O)c4cc5ccccc5cc4n(C)c23)OC(C)(C)C1OC(=O)/C=C\CC. The molecule has 0 fully saturated rings. The Morgan fingerprint density at radius 3 is 2.21 bits per heavy atom. The summed E-state index contributed by atoms with van der Waals surface area (Å²) in [5, 5.41) is 2.73. The van der Waals surface area contributed by atoms with Gasteiger partial charge in [0.1, 0.15) is 17.1 Å². The highest BCUT2D eigenvalue weighted by Crippen LogP contribution is 2.49. The van der Waals surface area contributed by atoms with Gasteiger partial charge in [-0.3, -0.25) is 4.79 Å². The Balaban J connectivity index is 1.86. The van der Waals surface area contributed by atoms with E-state index in [-0.39, 0.29) is 5.43 Å². The van der Waals surface area contributed by atoms with Crippen molar-refractivity contribution in [2.45, 2.75) is 58.3 Å². The summed E-state index contributed by atoms with van der Waals surface area (Å²) in [4.78, 5) is 40.1. The largest absolute Gasteiger partial charge is 0.496 e. The van der Waals surface area contributed by atoms with Gasteiger partial charge >= 0.3 is 11.9 Å². The number of carbonyl (C=O) groups is 2. The smallest absolute Gasteiger partial charge is 0.331 e. The fourth-order valence-electron chi connectivity index (χ4n) is 5.61. The van der Waals surface area contributed by atoms with Crippen molar-refractivity contribution in [3.05, 3.63) is 82.6 Å². The third kappa shape index (κ3) is 5.02. The Hall–Kier alpha value is -4.59. The highest BCUT2D eigenvalue weighted by atomic mass is 16.6. The van der Waals surface area contributed by atoms with Crippen LogP contribution < -0.4 is 14.9 Å². The lowest BCUT2D eigenvalue weighted by Gasteiger charge is -2.43. The second kappa shape index (κ2) is 11.4. The van der Waals surface area contributed by atoms with Crippen LogP contribution in [0.4, 0.5) is 0 Å². The molecule has 1 aromatic heterocycles. The van der Waals surface area contributed by atoms with E-state index in [9.17, 15) is 14.4 Å². The Morgan fingerprint density at radius 2 is 1.60 bits per heavy atom. The maximum Gasteiger partial charge on any atom is 0.331 e. The fourth-order valence-corrected chi connectivity index (χ4v) is 5.61. The molecule has 2 heterocycles. The number of hydrogen-bond donors (Lipinski definition) is 0. The first-order valence-electron chi connectivity index (χ1n) is 14.1. The molecule has 2 unspecified atom stereocenters. The van der Waals surface area contributed by atoms with Gasteiger partial charge in [0.05, 0.1) is 29.1 Å². The van der Waals surface area contributed by atoms with Gasteiger partial charge in [0, 0.05) is 30.7 Å². The summed E-state index contributed by atoms with van der Waals surface area (Å²) in [6, 6.07) is 13.3. The van der Waals surface area contributed by atoms with Gasteiger partial charge < -0.3 is 23.5 Å². The molecule has 0 saturated heterocycles. The Morgan fingerprint density at radius 1 is 0.976 bits per heavy atom. The van der Waals surface area contributed by atoms with Crippen LogP contribution in [0.1, 0.15) is 52.2 Å². The van der Waals surface area contributed by atoms with Gasteiger partial charge in [-0.05, 0) is 49.6 Å². The maximum absolute atomic E-state index is 14.2. The molecule has 0 amide bonds. The molecule has 8 heteroatoms. The van der Waals surface area contributed by atoms with Crippen molar-refractivity contribution in [3.63, 3.8) is 0 Å². The molecular formula is C34H35NO7. The van der Waals surface area contributed by atoms with Crippen molar-refractivity contribution < 1.29 is 28.5 Å². The number of nitrogens with zero attached hydrogens (tertiary/aromatic N) is 1. The van der Waals surface area contributed by atoms with E-state index >= 15 is 0 Å². The van der Waals surface area contributed by atoms with Gasteiger partial charge in [-0.1, -0.05) is 50.3 Å². The minimum atomic E-state index is -1.10. The molecule has 0 radical (unpaired) electrons. The number of methoxy groups -OCH3 is 1. The molecule has 0 aliphatic carbocycles. The van der Waals surface area contributed by atoms with E-state index in [2.05, 4.69) is 0 Å². The summed E-state index contributed by atoms with van der Waals surface area (Å²) in [6.45, 7) is 7.35. The van der Waals surface area contributed by atoms with Crippen LogP contribution in [-0.4, -0.2) is 35.3 Å². The zero-order valence-electron chi connectivity index (χ0n) is 24.7. The normalized spacial score (nSPS) is 18.0. The Kier molecular flexibility index (Phi) is 7.82. The van der Waals surface area contributed by atoms with Crippen LogP contribution >= 0.6 is 0 Å². The van der Waals surface area contributed by atoms with Crippen LogP contribution in [0.3, 0.4) is 0 Å². The van der Waals surface area contributed by atoms with E-state index in [0.29, 0.717) is 51.7 Å². The first-order valence-corrected chi connectivity index (χ1v) is 14.1. The van der Waals surface area contributed by atoms with Crippen molar-refractivity contribution in [1.29, 1.82) is 0 Å². The first-order chi connectivity index (χ1) is 20.1. The molecule has 42 heavy (non-hydrogen) atoms. The highest BCUT2D eigenvalue weighted by molar-refractivity contribution is 6.04. The van der Waals surface area contributed by atoms with Crippen LogP contribution in [0, 0.1) is 0 Å². The first kappa shape index (κ1) is 28.9. The summed E-state index contributed by atoms with van der Waals surface area (Å²) in [7, 11) is 3.34. The standard InChI is InChI=1S/C34H35NO7/c1-7-9-15-26(36)40-32-29-25(42-34(3,4)33(32)41-27(37)16-10-8-2)19-24(39-6)28-30(29)35(5)23-18-21-14-12-11-13-20(21)17-22(23)31(28)38/h9-19,32-33H,7-8H2,1-6H3/b15-9-,16-10-. The summed E-state index contributed by atoms with van der Waals surface area (Å²) in [5.41, 5.74) is 0.239. The van der Waals surface area contributed by atoms with Crippen LogP contribution in [-0.2, 0) is 26.1 Å². The average Bonchev–Trinajstić information content (AvgIpc) is 2.97. The van der Waals surface area contributed by atoms with Crippen molar-refractivity contribution in [2.75, 3.05) is 7.11 Å². The summed E-state index contributed by atoms with van der Waals surface area (Å²) >= 11 is 0. The number of aryl methyl sites for hydroxylation is 1. The predicted octanol–water partition coefficient (Wildman–Crippen LogP) is 6.45. The minimum Gasteiger partial charge on any atom is -0.496 e. The van der Waals surface area contributed by atoms with Crippen LogP contribution in [0.25, 0.3) is 32.6 Å². The number of rotatable bonds is 7. The quantitative estimate of drug-likeness (QED) is 0.143. The monoisotopic (exact) mass is 569 g/mol.